The van der Waals surface area contributed by atoms with Crippen LogP contribution < -0.4 is 0 Å². The molecule has 0 aliphatic heterocycles. The molecule has 0 bridgehead atoms. The molecule has 0 aromatic heterocycles. The maximum absolute atomic E-state index is 11.4. The molecule has 0 radical (unpaired) electrons. The molecule has 0 heterocycles. The molecule has 2 rings (SSSR count). The van der Waals surface area contributed by atoms with Crippen LogP contribution in [-0.4, -0.2) is 5.78 Å². The van der Waals surface area contributed by atoms with E-state index in [1.807, 2.05) is 6.08 Å². The summed E-state index contributed by atoms with van der Waals surface area (Å²) < 4.78 is 0. The lowest BCUT2D eigenvalue weighted by molar-refractivity contribution is -0.111. The predicted octanol–water partition coefficient (Wildman–Crippen LogP) is 2.78. The van der Waals surface area contributed by atoms with Gasteiger partial charge in [0, 0.05) is 0 Å². The van der Waals surface area contributed by atoms with Gasteiger partial charge in [-0.15, -0.1) is 0 Å². The highest BCUT2D eigenvalue weighted by Crippen LogP contribution is 2.30. The van der Waals surface area contributed by atoms with E-state index in [0.29, 0.717) is 0 Å². The number of hydrogen-bond donors (Lipinski definition) is 0. The Morgan fingerprint density at radius 2 is 1.83 bits per heavy atom. The molecule has 2 aliphatic carbocycles. The van der Waals surface area contributed by atoms with E-state index in [9.17, 15) is 4.79 Å². The molecule has 1 nitrogen and oxygen atoms in total. The van der Waals surface area contributed by atoms with Gasteiger partial charge in [-0.3, -0.25) is 4.79 Å². The minimum Gasteiger partial charge on any atom is -0.290 e. The number of ketones is 1. The average Bonchev–Trinajstić information content (AvgIpc) is 2.57. The smallest absolute Gasteiger partial charge is 0.181 e. The Hall–Kier alpha value is -0.850. The lowest BCUT2D eigenvalue weighted by atomic mass is 9.94. The third-order valence-electron chi connectivity index (χ3n) is 2.76. The molecule has 0 unspecified atom stereocenters. The molecule has 64 valence electrons. The van der Waals surface area contributed by atoms with E-state index in [2.05, 4.69) is 0 Å². The van der Waals surface area contributed by atoms with Crippen molar-refractivity contribution in [2.45, 2.75) is 38.5 Å². The molecule has 0 aromatic carbocycles. The third kappa shape index (κ3) is 1.36. The third-order valence-corrected chi connectivity index (χ3v) is 2.76. The Labute approximate surface area is 73.2 Å². The van der Waals surface area contributed by atoms with Crippen molar-refractivity contribution in [3.8, 4) is 0 Å². The molecule has 0 spiro atoms. The van der Waals surface area contributed by atoms with Crippen LogP contribution in [0.15, 0.2) is 23.3 Å². The summed E-state index contributed by atoms with van der Waals surface area (Å²) in [7, 11) is 0. The Balaban J connectivity index is 2.26. The number of rotatable bonds is 0. The van der Waals surface area contributed by atoms with Gasteiger partial charge in [-0.25, -0.2) is 0 Å². The molecule has 12 heavy (non-hydrogen) atoms. The Morgan fingerprint density at radius 3 is 2.50 bits per heavy atom. The van der Waals surface area contributed by atoms with Gasteiger partial charge in [0.2, 0.25) is 0 Å². The second-order valence-corrected chi connectivity index (χ2v) is 3.59. The second kappa shape index (κ2) is 3.26. The van der Waals surface area contributed by atoms with Crippen molar-refractivity contribution in [2.24, 2.45) is 0 Å². The largest absolute Gasteiger partial charge is 0.290 e. The number of hydrogen-bond acceptors (Lipinski definition) is 1. The first-order chi connectivity index (χ1) is 5.88. The zero-order chi connectivity index (χ0) is 8.39. The molecule has 1 fully saturated rings. The predicted molar refractivity (Wildman–Crippen MR) is 48.9 cm³/mol. The van der Waals surface area contributed by atoms with Crippen LogP contribution in [0.5, 0.6) is 0 Å². The van der Waals surface area contributed by atoms with Crippen molar-refractivity contribution in [3.63, 3.8) is 0 Å². The zero-order valence-electron chi connectivity index (χ0n) is 7.31. The lowest BCUT2D eigenvalue weighted by Gasteiger charge is -2.10. The fourth-order valence-electron chi connectivity index (χ4n) is 2.10. The molecule has 2 aliphatic rings. The van der Waals surface area contributed by atoms with E-state index < -0.39 is 0 Å². The fourth-order valence-corrected chi connectivity index (χ4v) is 2.10. The molecular weight excluding hydrogens is 148 g/mol. The van der Waals surface area contributed by atoms with E-state index in [-0.39, 0.29) is 5.78 Å². The maximum atomic E-state index is 11.4. The van der Waals surface area contributed by atoms with Crippen LogP contribution in [0.2, 0.25) is 0 Å². The van der Waals surface area contributed by atoms with Gasteiger partial charge in [0.05, 0.1) is 0 Å². The van der Waals surface area contributed by atoms with Crippen LogP contribution in [0.1, 0.15) is 38.5 Å². The van der Waals surface area contributed by atoms with Gasteiger partial charge in [0.1, 0.15) is 0 Å². The average molecular weight is 162 g/mol. The summed E-state index contributed by atoms with van der Waals surface area (Å²) in [5, 5.41) is 0. The first-order valence-electron chi connectivity index (χ1n) is 4.80. The van der Waals surface area contributed by atoms with Crippen molar-refractivity contribution in [3.05, 3.63) is 23.3 Å². The normalized spacial score (nSPS) is 23.8. The molecule has 0 atom stereocenters. The first-order valence-corrected chi connectivity index (χ1v) is 4.80. The van der Waals surface area contributed by atoms with Gasteiger partial charge in [0.15, 0.2) is 5.78 Å². The summed E-state index contributed by atoms with van der Waals surface area (Å²) in [6, 6.07) is 0. The molecular formula is C11H14O. The Morgan fingerprint density at radius 1 is 1.08 bits per heavy atom. The van der Waals surface area contributed by atoms with Crippen molar-refractivity contribution >= 4 is 5.78 Å². The summed E-state index contributed by atoms with van der Waals surface area (Å²) in [5.41, 5.74) is 2.58. The lowest BCUT2D eigenvalue weighted by Crippen LogP contribution is -2.05. The molecule has 0 amide bonds. The van der Waals surface area contributed by atoms with Gasteiger partial charge < -0.3 is 0 Å². The van der Waals surface area contributed by atoms with E-state index in [0.717, 1.165) is 18.4 Å². The Kier molecular flexibility index (Phi) is 2.11. The summed E-state index contributed by atoms with van der Waals surface area (Å²) in [5.74, 6) is 0.276. The summed E-state index contributed by atoms with van der Waals surface area (Å²) >= 11 is 0. The van der Waals surface area contributed by atoms with Crippen LogP contribution in [-0.2, 0) is 4.79 Å². The van der Waals surface area contributed by atoms with Crippen molar-refractivity contribution in [2.75, 3.05) is 0 Å². The van der Waals surface area contributed by atoms with E-state index in [1.165, 1.54) is 31.3 Å². The second-order valence-electron chi connectivity index (χ2n) is 3.59. The van der Waals surface area contributed by atoms with Gasteiger partial charge in [-0.1, -0.05) is 11.6 Å². The summed E-state index contributed by atoms with van der Waals surface area (Å²) in [6.07, 6.45) is 10.7. The van der Waals surface area contributed by atoms with Gasteiger partial charge in [-0.2, -0.15) is 0 Å². The van der Waals surface area contributed by atoms with Gasteiger partial charge >= 0.3 is 0 Å². The topological polar surface area (TPSA) is 17.1 Å². The van der Waals surface area contributed by atoms with Crippen LogP contribution >= 0.6 is 0 Å². The minimum atomic E-state index is 0.276. The van der Waals surface area contributed by atoms with E-state index in [4.69, 9.17) is 0 Å². The monoisotopic (exact) mass is 162 g/mol. The fraction of sp³-hybridized carbons (Fsp3) is 0.545. The standard InChI is InChI=1S/C11H14O/c12-11-8-4-3-7-10(11)9-5-1-2-6-9/h4,8H,1-3,5-7H2. The minimum absolute atomic E-state index is 0.276. The van der Waals surface area contributed by atoms with Crippen molar-refractivity contribution in [1.29, 1.82) is 0 Å². The SMILES string of the molecule is O=C1C=CCCC1=C1CCCC1. The highest BCUT2D eigenvalue weighted by Gasteiger charge is 2.17. The van der Waals surface area contributed by atoms with E-state index >= 15 is 0 Å². The molecule has 0 saturated heterocycles. The Bertz CT molecular complexity index is 250. The maximum Gasteiger partial charge on any atom is 0.181 e. The highest BCUT2D eigenvalue weighted by molar-refractivity contribution is 6.05. The molecule has 0 aromatic rings. The van der Waals surface area contributed by atoms with Gasteiger partial charge in [0.25, 0.3) is 0 Å². The summed E-state index contributed by atoms with van der Waals surface area (Å²) in [6.45, 7) is 0. The van der Waals surface area contributed by atoms with Gasteiger partial charge in [-0.05, 0) is 50.2 Å². The highest BCUT2D eigenvalue weighted by atomic mass is 16.1. The summed E-state index contributed by atoms with van der Waals surface area (Å²) in [4.78, 5) is 11.4. The molecule has 1 saturated carbocycles. The zero-order valence-corrected chi connectivity index (χ0v) is 7.31. The molecule has 1 heteroatoms. The van der Waals surface area contributed by atoms with Crippen molar-refractivity contribution < 1.29 is 4.79 Å². The first kappa shape index (κ1) is 7.78. The quantitative estimate of drug-likeness (QED) is 0.500. The number of carbonyl (C=O) groups excluding carboxylic acids is 1. The van der Waals surface area contributed by atoms with Crippen LogP contribution in [0.25, 0.3) is 0 Å². The van der Waals surface area contributed by atoms with Crippen LogP contribution in [0, 0.1) is 0 Å². The molecule has 0 N–H and O–H groups in total. The van der Waals surface area contributed by atoms with Crippen LogP contribution in [0.4, 0.5) is 0 Å². The van der Waals surface area contributed by atoms with E-state index in [1.54, 1.807) is 6.08 Å². The van der Waals surface area contributed by atoms with Crippen LogP contribution in [0.3, 0.4) is 0 Å². The number of allylic oxidation sites excluding steroid dienone is 4. The number of carbonyl (C=O) groups is 1. The van der Waals surface area contributed by atoms with Crippen molar-refractivity contribution in [1.82, 2.24) is 0 Å².